The number of hydrogen-bond donors (Lipinski definition) is 3. The smallest absolute Gasteiger partial charge is 0.255 e. The van der Waals surface area contributed by atoms with Gasteiger partial charge in [-0.05, 0) is 48.1 Å². The molecule has 3 N–H and O–H groups in total. The van der Waals surface area contributed by atoms with E-state index in [9.17, 15) is 14.7 Å². The van der Waals surface area contributed by atoms with Gasteiger partial charge >= 0.3 is 0 Å². The molecular formula is C19H18N2O3. The zero-order valence-electron chi connectivity index (χ0n) is 13.2. The Kier molecular flexibility index (Phi) is 5.91. The topological polar surface area (TPSA) is 78.4 Å². The van der Waals surface area contributed by atoms with Crippen molar-refractivity contribution in [1.29, 1.82) is 0 Å². The minimum absolute atomic E-state index is 0.0262. The fourth-order valence-electron chi connectivity index (χ4n) is 2.07. The number of hydrogen-bond acceptors (Lipinski definition) is 4. The first kappa shape index (κ1) is 17.0. The number of allylic oxidation sites excluding steroid dienone is 1. The standard InChI is InChI=1S/C19H18N2O3/c1-20-16-8-4-6-14(13-16)12-15(7-5-11-22)19(24)21-17-9-2-3-10-18(17)23/h2-13,20,23H,1H3,(H,21,24)/b7-5-,15-12-. The first-order chi connectivity index (χ1) is 11.6. The molecule has 0 aromatic heterocycles. The van der Waals surface area contributed by atoms with E-state index in [1.807, 2.05) is 24.3 Å². The lowest BCUT2D eigenvalue weighted by atomic mass is 10.1. The highest BCUT2D eigenvalue weighted by Crippen LogP contribution is 2.23. The Morgan fingerprint density at radius 2 is 1.92 bits per heavy atom. The highest BCUT2D eigenvalue weighted by atomic mass is 16.3. The number of aromatic hydroxyl groups is 1. The molecule has 2 rings (SSSR count). The van der Waals surface area contributed by atoms with Gasteiger partial charge in [0.1, 0.15) is 12.0 Å². The summed E-state index contributed by atoms with van der Waals surface area (Å²) >= 11 is 0. The summed E-state index contributed by atoms with van der Waals surface area (Å²) in [4.78, 5) is 23.1. The van der Waals surface area contributed by atoms with Crippen LogP contribution < -0.4 is 10.6 Å². The average molecular weight is 322 g/mol. The summed E-state index contributed by atoms with van der Waals surface area (Å²) in [7, 11) is 1.81. The maximum Gasteiger partial charge on any atom is 0.255 e. The van der Waals surface area contributed by atoms with E-state index in [4.69, 9.17) is 0 Å². The second kappa shape index (κ2) is 8.33. The number of benzene rings is 2. The Balaban J connectivity index is 2.31. The summed E-state index contributed by atoms with van der Waals surface area (Å²) in [6.07, 6.45) is 4.94. The van der Waals surface area contributed by atoms with Crippen LogP contribution in [0.5, 0.6) is 5.75 Å². The van der Waals surface area contributed by atoms with Crippen LogP contribution in [0, 0.1) is 0 Å². The average Bonchev–Trinajstić information content (AvgIpc) is 2.60. The lowest BCUT2D eigenvalue weighted by Gasteiger charge is -2.08. The van der Waals surface area contributed by atoms with Gasteiger partial charge in [-0.15, -0.1) is 0 Å². The first-order valence-corrected chi connectivity index (χ1v) is 7.34. The van der Waals surface area contributed by atoms with Crippen LogP contribution in [0.2, 0.25) is 0 Å². The van der Waals surface area contributed by atoms with Gasteiger partial charge < -0.3 is 15.7 Å². The number of nitrogens with one attached hydrogen (secondary N) is 2. The molecule has 24 heavy (non-hydrogen) atoms. The molecule has 2 aromatic rings. The van der Waals surface area contributed by atoms with Crippen LogP contribution in [0.15, 0.2) is 66.3 Å². The number of carbonyl (C=O) groups is 2. The lowest BCUT2D eigenvalue weighted by molar-refractivity contribution is -0.112. The third kappa shape index (κ3) is 4.58. The molecule has 122 valence electrons. The third-order valence-electron chi connectivity index (χ3n) is 3.27. The number of carbonyl (C=O) groups excluding carboxylic acids is 2. The van der Waals surface area contributed by atoms with Gasteiger partial charge in [0, 0.05) is 18.3 Å². The van der Waals surface area contributed by atoms with Crippen molar-refractivity contribution < 1.29 is 14.7 Å². The van der Waals surface area contributed by atoms with Crippen LogP contribution >= 0.6 is 0 Å². The van der Waals surface area contributed by atoms with Crippen molar-refractivity contribution in [2.75, 3.05) is 17.7 Å². The maximum absolute atomic E-state index is 12.5. The largest absolute Gasteiger partial charge is 0.506 e. The van der Waals surface area contributed by atoms with Crippen LogP contribution in [0.25, 0.3) is 6.08 Å². The van der Waals surface area contributed by atoms with E-state index in [1.54, 1.807) is 31.3 Å². The Hall–Kier alpha value is -3.34. The van der Waals surface area contributed by atoms with Crippen LogP contribution in [0.3, 0.4) is 0 Å². The van der Waals surface area contributed by atoms with Gasteiger partial charge in [-0.1, -0.05) is 24.3 Å². The van der Waals surface area contributed by atoms with Crippen molar-refractivity contribution in [3.63, 3.8) is 0 Å². The number of aldehydes is 1. The zero-order chi connectivity index (χ0) is 17.4. The van der Waals surface area contributed by atoms with E-state index in [-0.39, 0.29) is 5.75 Å². The predicted molar refractivity (Wildman–Crippen MR) is 95.9 cm³/mol. The zero-order valence-corrected chi connectivity index (χ0v) is 13.2. The number of amides is 1. The number of para-hydroxylation sites is 2. The van der Waals surface area contributed by atoms with Crippen molar-refractivity contribution in [2.24, 2.45) is 0 Å². The van der Waals surface area contributed by atoms with E-state index in [0.29, 0.717) is 17.5 Å². The molecule has 0 saturated carbocycles. The highest BCUT2D eigenvalue weighted by Gasteiger charge is 2.09. The summed E-state index contributed by atoms with van der Waals surface area (Å²) in [5.41, 5.74) is 2.30. The van der Waals surface area contributed by atoms with E-state index in [0.717, 1.165) is 11.3 Å². The highest BCUT2D eigenvalue weighted by molar-refractivity contribution is 6.09. The molecule has 5 heteroatoms. The predicted octanol–water partition coefficient (Wildman–Crippen LogP) is 3.21. The van der Waals surface area contributed by atoms with Crippen LogP contribution in [0.4, 0.5) is 11.4 Å². The molecule has 0 aliphatic heterocycles. The van der Waals surface area contributed by atoms with E-state index in [2.05, 4.69) is 10.6 Å². The molecule has 1 amide bonds. The second-order valence-corrected chi connectivity index (χ2v) is 4.94. The van der Waals surface area contributed by atoms with Gasteiger partial charge in [-0.25, -0.2) is 0 Å². The molecule has 0 heterocycles. The summed E-state index contributed by atoms with van der Waals surface area (Å²) in [5.74, 6) is -0.453. The van der Waals surface area contributed by atoms with Crippen molar-refractivity contribution >= 4 is 29.6 Å². The van der Waals surface area contributed by atoms with Crippen molar-refractivity contribution in [3.8, 4) is 5.75 Å². The fraction of sp³-hybridized carbons (Fsp3) is 0.0526. The van der Waals surface area contributed by atoms with Crippen molar-refractivity contribution in [3.05, 3.63) is 71.8 Å². The summed E-state index contributed by atoms with van der Waals surface area (Å²) in [6, 6.07) is 13.9. The molecule has 0 saturated heterocycles. The molecule has 0 radical (unpaired) electrons. The maximum atomic E-state index is 12.5. The summed E-state index contributed by atoms with van der Waals surface area (Å²) < 4.78 is 0. The van der Waals surface area contributed by atoms with Crippen molar-refractivity contribution in [2.45, 2.75) is 0 Å². The van der Waals surface area contributed by atoms with Crippen LogP contribution in [-0.2, 0) is 9.59 Å². The quantitative estimate of drug-likeness (QED) is 0.330. The molecule has 5 nitrogen and oxygen atoms in total. The van der Waals surface area contributed by atoms with Gasteiger partial charge in [0.15, 0.2) is 0 Å². The number of rotatable bonds is 6. The monoisotopic (exact) mass is 322 g/mol. The molecule has 0 atom stereocenters. The van der Waals surface area contributed by atoms with Crippen molar-refractivity contribution in [1.82, 2.24) is 0 Å². The minimum atomic E-state index is -0.426. The fourth-order valence-corrected chi connectivity index (χ4v) is 2.07. The third-order valence-corrected chi connectivity index (χ3v) is 3.27. The molecule has 0 aliphatic rings. The summed E-state index contributed by atoms with van der Waals surface area (Å²) in [6.45, 7) is 0. The SMILES string of the molecule is CNc1cccc(/C=C(/C=C\C=O)C(=O)Nc2ccccc2O)c1. The first-order valence-electron chi connectivity index (χ1n) is 7.34. The Labute approximate surface area is 140 Å². The molecule has 0 bridgehead atoms. The Morgan fingerprint density at radius 3 is 2.62 bits per heavy atom. The minimum Gasteiger partial charge on any atom is -0.506 e. The number of anilines is 2. The summed E-state index contributed by atoms with van der Waals surface area (Å²) in [5, 5.41) is 15.4. The van der Waals surface area contributed by atoms with Crippen LogP contribution in [0.1, 0.15) is 5.56 Å². The lowest BCUT2D eigenvalue weighted by Crippen LogP contribution is -2.13. The van der Waals surface area contributed by atoms with E-state index < -0.39 is 5.91 Å². The van der Waals surface area contributed by atoms with Gasteiger partial charge in [0.05, 0.1) is 5.69 Å². The normalized spacial score (nSPS) is 11.3. The second-order valence-electron chi connectivity index (χ2n) is 4.94. The molecule has 0 unspecified atom stereocenters. The van der Waals surface area contributed by atoms with Crippen LogP contribution in [-0.4, -0.2) is 24.3 Å². The Morgan fingerprint density at radius 1 is 1.12 bits per heavy atom. The molecule has 0 fully saturated rings. The Bertz CT molecular complexity index is 795. The van der Waals surface area contributed by atoms with E-state index >= 15 is 0 Å². The number of phenolic OH excluding ortho intramolecular Hbond substituents is 1. The van der Waals surface area contributed by atoms with E-state index in [1.165, 1.54) is 18.2 Å². The number of phenols is 1. The molecule has 0 spiro atoms. The van der Waals surface area contributed by atoms with Gasteiger partial charge in [0.25, 0.3) is 5.91 Å². The molecule has 0 aliphatic carbocycles. The van der Waals surface area contributed by atoms with Gasteiger partial charge in [-0.3, -0.25) is 9.59 Å². The molecule has 2 aromatic carbocycles. The molecular weight excluding hydrogens is 304 g/mol. The van der Waals surface area contributed by atoms with Gasteiger partial charge in [-0.2, -0.15) is 0 Å². The van der Waals surface area contributed by atoms with Gasteiger partial charge in [0.2, 0.25) is 0 Å².